The number of para-hydroxylation sites is 1. The van der Waals surface area contributed by atoms with Crippen molar-refractivity contribution in [2.24, 2.45) is 23.7 Å². The average molecular weight is 727 g/mol. The van der Waals surface area contributed by atoms with Gasteiger partial charge in [0.25, 0.3) is 11.8 Å². The van der Waals surface area contributed by atoms with Crippen molar-refractivity contribution in [2.75, 3.05) is 17.4 Å². The second-order valence-electron chi connectivity index (χ2n) is 13.3. The van der Waals surface area contributed by atoms with E-state index < -0.39 is 58.4 Å². The Morgan fingerprint density at radius 1 is 0.882 bits per heavy atom. The van der Waals surface area contributed by atoms with Crippen molar-refractivity contribution in [1.82, 2.24) is 5.01 Å². The summed E-state index contributed by atoms with van der Waals surface area (Å²) >= 11 is 12.6. The molecule has 4 amide bonds. The van der Waals surface area contributed by atoms with Gasteiger partial charge in [-0.25, -0.2) is 4.39 Å². The van der Waals surface area contributed by atoms with Crippen molar-refractivity contribution < 1.29 is 33.4 Å². The van der Waals surface area contributed by atoms with E-state index in [-0.39, 0.29) is 35.4 Å². The van der Waals surface area contributed by atoms with E-state index in [1.165, 1.54) is 36.3 Å². The molecule has 0 spiro atoms. The molecular formula is C39H30Cl2FN3O6. The molecule has 2 heterocycles. The number of carbonyl (C=O) groups excluding carboxylic acids is 4. The molecule has 2 aliphatic carbocycles. The predicted molar refractivity (Wildman–Crippen MR) is 188 cm³/mol. The van der Waals surface area contributed by atoms with E-state index in [0.29, 0.717) is 33.2 Å². The number of ether oxygens (including phenoxy) is 1. The van der Waals surface area contributed by atoms with Crippen LogP contribution >= 0.6 is 23.2 Å². The Kier molecular flexibility index (Phi) is 7.92. The fraction of sp³-hybridized carbons (Fsp3) is 0.231. The zero-order valence-electron chi connectivity index (χ0n) is 27.1. The van der Waals surface area contributed by atoms with Crippen molar-refractivity contribution in [3.63, 3.8) is 0 Å². The van der Waals surface area contributed by atoms with Crippen LogP contribution in [0.25, 0.3) is 0 Å². The second kappa shape index (κ2) is 12.2. The number of amides is 4. The number of anilines is 2. The van der Waals surface area contributed by atoms with Crippen LogP contribution < -0.4 is 15.1 Å². The summed E-state index contributed by atoms with van der Waals surface area (Å²) in [6.07, 6.45) is 2.14. The normalized spacial score (nSPS) is 26.8. The van der Waals surface area contributed by atoms with Crippen LogP contribution in [0, 0.1) is 29.5 Å². The molecule has 2 N–H and O–H groups in total. The topological polar surface area (TPSA) is 116 Å². The predicted octanol–water partition coefficient (Wildman–Crippen LogP) is 7.04. The first-order chi connectivity index (χ1) is 24.6. The number of phenols is 1. The first-order valence-electron chi connectivity index (χ1n) is 16.4. The fourth-order valence-electron chi connectivity index (χ4n) is 8.75. The van der Waals surface area contributed by atoms with Crippen molar-refractivity contribution in [1.29, 1.82) is 0 Å². The summed E-state index contributed by atoms with van der Waals surface area (Å²) in [4.78, 5) is 59.5. The SMILES string of the molecule is COc1ccc(C23C(=O)N(Nc4ccc(Cl)cc4Cl)C(=O)C2CC2C(=CCC4C(=O)N(c5ccccc5)C(=O)C42)C3c2ccc(O)c(F)c2)cc1. The number of hydrogen-bond acceptors (Lipinski definition) is 7. The number of methoxy groups -OCH3 is 1. The van der Waals surface area contributed by atoms with Crippen molar-refractivity contribution in [3.8, 4) is 11.5 Å². The van der Waals surface area contributed by atoms with Gasteiger partial charge in [0.05, 0.1) is 46.7 Å². The maximum atomic E-state index is 15.3. The summed E-state index contributed by atoms with van der Waals surface area (Å²) in [5.41, 5.74) is 3.43. The molecule has 0 aromatic heterocycles. The molecule has 4 aromatic carbocycles. The van der Waals surface area contributed by atoms with Crippen LogP contribution in [-0.2, 0) is 24.6 Å². The molecule has 4 aliphatic rings. The fourth-order valence-corrected chi connectivity index (χ4v) is 9.20. The van der Waals surface area contributed by atoms with Gasteiger partial charge in [-0.15, -0.1) is 0 Å². The lowest BCUT2D eigenvalue weighted by molar-refractivity contribution is -0.138. The molecule has 8 rings (SSSR count). The number of hydrazine groups is 1. The number of nitrogens with zero attached hydrogens (tertiary/aromatic N) is 2. The molecule has 4 aromatic rings. The molecule has 6 atom stereocenters. The highest BCUT2D eigenvalue weighted by Gasteiger charge is 2.70. The molecule has 1 saturated carbocycles. The molecule has 3 fully saturated rings. The van der Waals surface area contributed by atoms with Crippen molar-refractivity contribution in [3.05, 3.63) is 130 Å². The maximum absolute atomic E-state index is 15.3. The second-order valence-corrected chi connectivity index (χ2v) is 14.1. The minimum absolute atomic E-state index is 0.0504. The number of hydrogen-bond donors (Lipinski definition) is 2. The number of aromatic hydroxyl groups is 1. The quantitative estimate of drug-likeness (QED) is 0.162. The van der Waals surface area contributed by atoms with E-state index >= 15 is 9.18 Å². The lowest BCUT2D eigenvalue weighted by Crippen LogP contribution is -2.53. The zero-order valence-corrected chi connectivity index (χ0v) is 28.6. The van der Waals surface area contributed by atoms with Gasteiger partial charge in [0, 0.05) is 10.9 Å². The zero-order chi connectivity index (χ0) is 35.8. The van der Waals surface area contributed by atoms with Gasteiger partial charge in [0.2, 0.25) is 11.8 Å². The summed E-state index contributed by atoms with van der Waals surface area (Å²) in [6.45, 7) is 0. The Balaban J connectivity index is 1.34. The number of phenolic OH excluding ortho intramolecular Hbond substituents is 1. The van der Waals surface area contributed by atoms with Crippen molar-refractivity contribution >= 4 is 58.2 Å². The number of fused-ring (bicyclic) bond motifs is 4. The third-order valence-electron chi connectivity index (χ3n) is 10.9. The van der Waals surface area contributed by atoms with Crippen LogP contribution in [0.1, 0.15) is 29.9 Å². The highest BCUT2D eigenvalue weighted by Crippen LogP contribution is 2.64. The number of nitrogens with one attached hydrogen (secondary N) is 1. The Morgan fingerprint density at radius 3 is 2.31 bits per heavy atom. The highest BCUT2D eigenvalue weighted by molar-refractivity contribution is 6.36. The maximum Gasteiger partial charge on any atom is 0.260 e. The molecule has 0 radical (unpaired) electrons. The third-order valence-corrected chi connectivity index (χ3v) is 11.4. The average Bonchev–Trinajstić information content (AvgIpc) is 3.51. The number of carbonyl (C=O) groups is 4. The van der Waals surface area contributed by atoms with Gasteiger partial charge in [0.1, 0.15) is 5.75 Å². The Bertz CT molecular complexity index is 2160. The first kappa shape index (κ1) is 33.0. The van der Waals surface area contributed by atoms with Gasteiger partial charge in [-0.1, -0.05) is 71.2 Å². The van der Waals surface area contributed by atoms with E-state index in [2.05, 4.69) is 5.43 Å². The molecule has 51 heavy (non-hydrogen) atoms. The number of rotatable bonds is 6. The smallest absolute Gasteiger partial charge is 0.260 e. The highest BCUT2D eigenvalue weighted by atomic mass is 35.5. The molecule has 9 nitrogen and oxygen atoms in total. The number of halogens is 3. The summed E-state index contributed by atoms with van der Waals surface area (Å²) < 4.78 is 20.7. The summed E-state index contributed by atoms with van der Waals surface area (Å²) in [5, 5.41) is 11.7. The van der Waals surface area contributed by atoms with Gasteiger partial charge in [-0.05, 0) is 84.5 Å². The third kappa shape index (κ3) is 4.87. The standard InChI is InChI=1S/C39H30Cl2FN3O6/c1-51-24-11-8-21(9-12-24)39-28(36(48)45(38(39)50)43-31-15-10-22(40)18-29(31)41)19-27-25(34(39)20-7-16-32(46)30(42)17-20)13-14-26-33(27)37(49)44(35(26)47)23-5-3-2-4-6-23/h2-13,15-18,26-28,33-34,43,46H,14,19H2,1H3. The molecular weight excluding hydrogens is 696 g/mol. The number of benzene rings is 4. The Hall–Kier alpha value is -5.19. The monoisotopic (exact) mass is 725 g/mol. The minimum Gasteiger partial charge on any atom is -0.505 e. The van der Waals surface area contributed by atoms with E-state index in [9.17, 15) is 19.5 Å². The van der Waals surface area contributed by atoms with E-state index in [4.69, 9.17) is 27.9 Å². The van der Waals surface area contributed by atoms with Crippen LogP contribution in [0.4, 0.5) is 15.8 Å². The molecule has 2 saturated heterocycles. The Labute approximate surface area is 302 Å². The first-order valence-corrected chi connectivity index (χ1v) is 17.2. The van der Waals surface area contributed by atoms with Gasteiger partial charge >= 0.3 is 0 Å². The lowest BCUT2D eigenvalue weighted by atomic mass is 9.49. The lowest BCUT2D eigenvalue weighted by Gasteiger charge is -2.50. The molecule has 2 aliphatic heterocycles. The van der Waals surface area contributed by atoms with Crippen LogP contribution in [0.15, 0.2) is 103 Å². The minimum atomic E-state index is -1.65. The van der Waals surface area contributed by atoms with E-state index in [0.717, 1.165) is 5.01 Å². The molecule has 6 unspecified atom stereocenters. The number of imide groups is 2. The molecule has 258 valence electrons. The van der Waals surface area contributed by atoms with Crippen LogP contribution in [-0.4, -0.2) is 40.9 Å². The summed E-state index contributed by atoms with van der Waals surface area (Å²) in [6, 6.07) is 24.0. The van der Waals surface area contributed by atoms with Gasteiger partial charge < -0.3 is 9.84 Å². The summed E-state index contributed by atoms with van der Waals surface area (Å²) in [5.74, 6) is -7.12. The molecule has 12 heteroatoms. The largest absolute Gasteiger partial charge is 0.505 e. The van der Waals surface area contributed by atoms with Crippen LogP contribution in [0.5, 0.6) is 11.5 Å². The van der Waals surface area contributed by atoms with Gasteiger partial charge in [-0.3, -0.25) is 29.5 Å². The van der Waals surface area contributed by atoms with E-state index in [1.807, 2.05) is 6.08 Å². The van der Waals surface area contributed by atoms with Gasteiger partial charge in [-0.2, -0.15) is 5.01 Å². The summed E-state index contributed by atoms with van der Waals surface area (Å²) in [7, 11) is 1.51. The van der Waals surface area contributed by atoms with Crippen LogP contribution in [0.2, 0.25) is 10.0 Å². The number of allylic oxidation sites excluding steroid dienone is 2. The van der Waals surface area contributed by atoms with Gasteiger partial charge in [0.15, 0.2) is 11.6 Å². The Morgan fingerprint density at radius 2 is 1.63 bits per heavy atom. The van der Waals surface area contributed by atoms with Crippen molar-refractivity contribution in [2.45, 2.75) is 24.2 Å². The van der Waals surface area contributed by atoms with E-state index in [1.54, 1.807) is 66.7 Å². The van der Waals surface area contributed by atoms with Crippen LogP contribution in [0.3, 0.4) is 0 Å². The molecule has 0 bridgehead atoms.